The van der Waals surface area contributed by atoms with E-state index in [0.29, 0.717) is 10.2 Å². The number of halogens is 1. The second kappa shape index (κ2) is 5.03. The van der Waals surface area contributed by atoms with Crippen LogP contribution in [0.15, 0.2) is 35.1 Å². The van der Waals surface area contributed by atoms with E-state index in [-0.39, 0.29) is 11.3 Å². The van der Waals surface area contributed by atoms with E-state index in [9.17, 15) is 9.59 Å². The highest BCUT2D eigenvalue weighted by atomic mass is 35.5. The molecule has 1 amide bonds. The normalized spacial score (nSPS) is 10.7. The van der Waals surface area contributed by atoms with Crippen LogP contribution < -0.4 is 10.9 Å². The van der Waals surface area contributed by atoms with Gasteiger partial charge in [-0.3, -0.25) is 14.9 Å². The predicted molar refractivity (Wildman–Crippen MR) is 77.4 cm³/mol. The van der Waals surface area contributed by atoms with Gasteiger partial charge in [-0.05, 0) is 24.3 Å². The number of benzene rings is 1. The van der Waals surface area contributed by atoms with Crippen LogP contribution in [0.4, 0.5) is 5.13 Å². The van der Waals surface area contributed by atoms with Gasteiger partial charge in [0.15, 0.2) is 5.13 Å². The molecule has 0 saturated heterocycles. The summed E-state index contributed by atoms with van der Waals surface area (Å²) in [6, 6.07) is 7.88. The van der Waals surface area contributed by atoms with Gasteiger partial charge in [0.05, 0.1) is 10.2 Å². The first-order chi connectivity index (χ1) is 9.61. The Hall–Kier alpha value is -2.25. The number of fused-ring (bicyclic) bond motifs is 1. The largest absolute Gasteiger partial charge is 0.296 e. The van der Waals surface area contributed by atoms with Crippen molar-refractivity contribution in [3.63, 3.8) is 0 Å². The summed E-state index contributed by atoms with van der Waals surface area (Å²) in [6.45, 7) is 0. The summed E-state index contributed by atoms with van der Waals surface area (Å²) in [4.78, 5) is 27.1. The van der Waals surface area contributed by atoms with Crippen LogP contribution in [0, 0.1) is 0 Å². The Morgan fingerprint density at radius 2 is 2.15 bits per heavy atom. The number of hydrogen-bond donors (Lipinski definition) is 2. The van der Waals surface area contributed by atoms with Crippen molar-refractivity contribution in [1.29, 1.82) is 0 Å². The van der Waals surface area contributed by atoms with Crippen LogP contribution in [0.1, 0.15) is 10.5 Å². The number of amides is 1. The van der Waals surface area contributed by atoms with Gasteiger partial charge in [-0.2, -0.15) is 5.10 Å². The average molecular weight is 307 g/mol. The van der Waals surface area contributed by atoms with E-state index in [2.05, 4.69) is 20.5 Å². The van der Waals surface area contributed by atoms with Crippen LogP contribution in [0.2, 0.25) is 5.02 Å². The van der Waals surface area contributed by atoms with Gasteiger partial charge < -0.3 is 0 Å². The summed E-state index contributed by atoms with van der Waals surface area (Å²) in [5.41, 5.74) is 0.502. The molecule has 0 bridgehead atoms. The quantitative estimate of drug-likeness (QED) is 0.760. The fourth-order valence-corrected chi connectivity index (χ4v) is 2.72. The van der Waals surface area contributed by atoms with Gasteiger partial charge >= 0.3 is 0 Å². The second-order valence-corrected chi connectivity index (χ2v) is 5.36. The van der Waals surface area contributed by atoms with Crippen molar-refractivity contribution in [2.45, 2.75) is 0 Å². The van der Waals surface area contributed by atoms with Gasteiger partial charge in [0.1, 0.15) is 5.69 Å². The van der Waals surface area contributed by atoms with Gasteiger partial charge in [-0.15, -0.1) is 0 Å². The molecule has 0 aliphatic rings. The maximum Gasteiger partial charge on any atom is 0.277 e. The smallest absolute Gasteiger partial charge is 0.277 e. The summed E-state index contributed by atoms with van der Waals surface area (Å²) in [5, 5.41) is 9.53. The molecule has 8 heteroatoms. The molecule has 0 unspecified atom stereocenters. The monoisotopic (exact) mass is 306 g/mol. The van der Waals surface area contributed by atoms with Crippen molar-refractivity contribution in [2.24, 2.45) is 0 Å². The van der Waals surface area contributed by atoms with Gasteiger partial charge in [-0.25, -0.2) is 10.1 Å². The standard InChI is InChI=1S/C12H7ClN4O2S/c13-6-1-2-7-9(5-6)20-12(14-7)15-11(19)8-3-4-10(18)17-16-8/h1-5H,(H,17,18)(H,14,15,19). The summed E-state index contributed by atoms with van der Waals surface area (Å²) < 4.78 is 0.877. The summed E-state index contributed by atoms with van der Waals surface area (Å²) in [6.07, 6.45) is 0. The molecule has 6 nitrogen and oxygen atoms in total. The number of carbonyl (C=O) groups excluding carboxylic acids is 1. The summed E-state index contributed by atoms with van der Waals surface area (Å²) in [7, 11) is 0. The third kappa shape index (κ3) is 2.54. The number of aromatic nitrogens is 3. The van der Waals surface area contributed by atoms with E-state index in [4.69, 9.17) is 11.6 Å². The van der Waals surface area contributed by atoms with Crippen LogP contribution in [0.3, 0.4) is 0 Å². The van der Waals surface area contributed by atoms with Gasteiger partial charge in [-0.1, -0.05) is 22.9 Å². The Balaban J connectivity index is 1.87. The van der Waals surface area contributed by atoms with Crippen molar-refractivity contribution >= 4 is 44.2 Å². The summed E-state index contributed by atoms with van der Waals surface area (Å²) >= 11 is 7.20. The molecular weight excluding hydrogens is 300 g/mol. The fourth-order valence-electron chi connectivity index (χ4n) is 1.58. The third-order valence-electron chi connectivity index (χ3n) is 2.48. The van der Waals surface area contributed by atoms with Crippen molar-refractivity contribution in [3.05, 3.63) is 51.4 Å². The molecule has 0 radical (unpaired) electrons. The molecular formula is C12H7ClN4O2S. The predicted octanol–water partition coefficient (Wildman–Crippen LogP) is 2.29. The van der Waals surface area contributed by atoms with E-state index in [1.165, 1.54) is 23.5 Å². The zero-order valence-corrected chi connectivity index (χ0v) is 11.5. The van der Waals surface area contributed by atoms with E-state index in [1.54, 1.807) is 18.2 Å². The Bertz CT molecular complexity index is 838. The number of nitrogens with zero attached hydrogens (tertiary/aromatic N) is 2. The molecule has 0 saturated carbocycles. The SMILES string of the molecule is O=C(Nc1nc2ccc(Cl)cc2s1)c1ccc(=O)[nH]n1. The molecule has 100 valence electrons. The first-order valence-electron chi connectivity index (χ1n) is 5.55. The van der Waals surface area contributed by atoms with Crippen molar-refractivity contribution in [3.8, 4) is 0 Å². The molecule has 3 rings (SSSR count). The molecule has 2 N–H and O–H groups in total. The van der Waals surface area contributed by atoms with E-state index in [1.807, 2.05) is 0 Å². The van der Waals surface area contributed by atoms with Gasteiger partial charge in [0.2, 0.25) is 0 Å². The fraction of sp³-hybridized carbons (Fsp3) is 0. The zero-order valence-electron chi connectivity index (χ0n) is 9.88. The minimum Gasteiger partial charge on any atom is -0.296 e. The van der Waals surface area contributed by atoms with Gasteiger partial charge in [0, 0.05) is 11.1 Å². The Morgan fingerprint density at radius 1 is 1.30 bits per heavy atom. The first kappa shape index (κ1) is 12.8. The van der Waals surface area contributed by atoms with Crippen molar-refractivity contribution in [2.75, 3.05) is 5.32 Å². The van der Waals surface area contributed by atoms with Crippen molar-refractivity contribution < 1.29 is 4.79 Å². The Morgan fingerprint density at radius 3 is 2.90 bits per heavy atom. The number of carbonyl (C=O) groups is 1. The topological polar surface area (TPSA) is 87.7 Å². The minimum atomic E-state index is -0.439. The number of thiazole rings is 1. The van der Waals surface area contributed by atoms with Crippen LogP contribution in [0.5, 0.6) is 0 Å². The van der Waals surface area contributed by atoms with Crippen LogP contribution in [0.25, 0.3) is 10.2 Å². The maximum atomic E-state index is 11.9. The van der Waals surface area contributed by atoms with Crippen LogP contribution >= 0.6 is 22.9 Å². The van der Waals surface area contributed by atoms with Crippen molar-refractivity contribution in [1.82, 2.24) is 15.2 Å². The Kier molecular flexibility index (Phi) is 3.21. The van der Waals surface area contributed by atoms with E-state index < -0.39 is 5.91 Å². The molecule has 3 aromatic rings. The molecule has 0 fully saturated rings. The highest BCUT2D eigenvalue weighted by molar-refractivity contribution is 7.22. The minimum absolute atomic E-state index is 0.113. The molecule has 0 aliphatic heterocycles. The average Bonchev–Trinajstić information content (AvgIpc) is 2.80. The summed E-state index contributed by atoms with van der Waals surface area (Å²) in [5.74, 6) is -0.439. The number of nitrogens with one attached hydrogen (secondary N) is 2. The number of H-pyrrole nitrogens is 1. The highest BCUT2D eigenvalue weighted by Gasteiger charge is 2.11. The lowest BCUT2D eigenvalue weighted by Gasteiger charge is -1.98. The molecule has 2 aromatic heterocycles. The molecule has 20 heavy (non-hydrogen) atoms. The molecule has 2 heterocycles. The highest BCUT2D eigenvalue weighted by Crippen LogP contribution is 2.28. The molecule has 0 aliphatic carbocycles. The van der Waals surface area contributed by atoms with E-state index >= 15 is 0 Å². The number of anilines is 1. The van der Waals surface area contributed by atoms with Crippen LogP contribution in [-0.2, 0) is 0 Å². The van der Waals surface area contributed by atoms with E-state index in [0.717, 1.165) is 10.2 Å². The lowest BCUT2D eigenvalue weighted by atomic mass is 10.3. The lowest BCUT2D eigenvalue weighted by Crippen LogP contribution is -2.17. The first-order valence-corrected chi connectivity index (χ1v) is 6.74. The van der Waals surface area contributed by atoms with Gasteiger partial charge in [0.25, 0.3) is 11.5 Å². The lowest BCUT2D eigenvalue weighted by molar-refractivity contribution is 0.102. The Labute approximate surface area is 121 Å². The van der Waals surface area contributed by atoms with Crippen LogP contribution in [-0.4, -0.2) is 21.1 Å². The number of hydrogen-bond acceptors (Lipinski definition) is 5. The molecule has 0 atom stereocenters. The third-order valence-corrected chi connectivity index (χ3v) is 3.65. The molecule has 1 aromatic carbocycles. The second-order valence-electron chi connectivity index (χ2n) is 3.89. The zero-order chi connectivity index (χ0) is 14.1. The number of rotatable bonds is 2. The maximum absolute atomic E-state index is 11.9. The number of aromatic amines is 1. The molecule has 0 spiro atoms.